The summed E-state index contributed by atoms with van der Waals surface area (Å²) in [5.74, 6) is 1.10. The van der Waals surface area contributed by atoms with Crippen molar-refractivity contribution in [3.63, 3.8) is 0 Å². The van der Waals surface area contributed by atoms with Gasteiger partial charge in [-0.05, 0) is 29.8 Å². The number of hydrogen-bond acceptors (Lipinski definition) is 4. The first-order chi connectivity index (χ1) is 8.74. The van der Waals surface area contributed by atoms with Crippen molar-refractivity contribution in [1.29, 1.82) is 0 Å². The Labute approximate surface area is 104 Å². The number of phenolic OH excluding ortho intramolecular Hbond substituents is 2. The molecule has 2 aromatic rings. The summed E-state index contributed by atoms with van der Waals surface area (Å²) in [7, 11) is 0. The zero-order chi connectivity index (χ0) is 12.5. The van der Waals surface area contributed by atoms with E-state index in [1.165, 1.54) is 12.1 Å². The average Bonchev–Trinajstić information content (AvgIpc) is 2.41. The number of ether oxygens (including phenoxy) is 2. The third kappa shape index (κ3) is 1.82. The molecule has 0 amide bonds. The second-order valence-electron chi connectivity index (χ2n) is 4.11. The summed E-state index contributed by atoms with van der Waals surface area (Å²) >= 11 is 0. The highest BCUT2D eigenvalue weighted by atomic mass is 16.6. The molecular formula is C14H12O4. The molecule has 0 saturated heterocycles. The van der Waals surface area contributed by atoms with Gasteiger partial charge in [0.15, 0.2) is 29.1 Å². The van der Waals surface area contributed by atoms with Crippen LogP contribution in [0, 0.1) is 0 Å². The first kappa shape index (κ1) is 10.8. The zero-order valence-electron chi connectivity index (χ0n) is 9.54. The summed E-state index contributed by atoms with van der Waals surface area (Å²) in [6.45, 7) is 0.376. The third-order valence-electron chi connectivity index (χ3n) is 2.88. The van der Waals surface area contributed by atoms with E-state index in [1.54, 1.807) is 6.07 Å². The van der Waals surface area contributed by atoms with Crippen LogP contribution in [0.25, 0.3) is 0 Å². The van der Waals surface area contributed by atoms with Crippen LogP contribution in [0.4, 0.5) is 0 Å². The van der Waals surface area contributed by atoms with Crippen LogP contribution in [-0.2, 0) is 0 Å². The second-order valence-corrected chi connectivity index (χ2v) is 4.11. The lowest BCUT2D eigenvalue weighted by Gasteiger charge is -2.26. The van der Waals surface area contributed by atoms with Crippen molar-refractivity contribution in [2.24, 2.45) is 0 Å². The molecule has 0 unspecified atom stereocenters. The van der Waals surface area contributed by atoms with Crippen molar-refractivity contribution < 1.29 is 19.7 Å². The number of rotatable bonds is 1. The molecule has 1 heterocycles. The van der Waals surface area contributed by atoms with Gasteiger partial charge in [0, 0.05) is 0 Å². The molecule has 3 rings (SSSR count). The Hall–Kier alpha value is -2.36. The Morgan fingerprint density at radius 2 is 1.72 bits per heavy atom. The van der Waals surface area contributed by atoms with Gasteiger partial charge in [-0.15, -0.1) is 0 Å². The number of fused-ring (bicyclic) bond motifs is 1. The van der Waals surface area contributed by atoms with E-state index in [0.717, 1.165) is 11.3 Å². The van der Waals surface area contributed by atoms with Crippen molar-refractivity contribution in [1.82, 2.24) is 0 Å². The van der Waals surface area contributed by atoms with E-state index in [4.69, 9.17) is 9.47 Å². The Morgan fingerprint density at radius 1 is 0.944 bits per heavy atom. The first-order valence-corrected chi connectivity index (χ1v) is 5.64. The van der Waals surface area contributed by atoms with E-state index >= 15 is 0 Å². The minimum atomic E-state index is -0.286. The molecule has 4 heteroatoms. The fourth-order valence-electron chi connectivity index (χ4n) is 1.92. The van der Waals surface area contributed by atoms with Gasteiger partial charge in [-0.3, -0.25) is 0 Å². The van der Waals surface area contributed by atoms with E-state index in [-0.39, 0.29) is 17.6 Å². The molecule has 18 heavy (non-hydrogen) atoms. The maximum Gasteiger partial charge on any atom is 0.162 e. The smallest absolute Gasteiger partial charge is 0.162 e. The largest absolute Gasteiger partial charge is 0.504 e. The summed E-state index contributed by atoms with van der Waals surface area (Å²) in [6.07, 6.45) is -0.286. The van der Waals surface area contributed by atoms with Gasteiger partial charge in [-0.1, -0.05) is 18.2 Å². The predicted octanol–water partition coefficient (Wildman–Crippen LogP) is 2.61. The summed E-state index contributed by atoms with van der Waals surface area (Å²) in [5.41, 5.74) is 0.764. The lowest BCUT2D eigenvalue weighted by molar-refractivity contribution is 0.0911. The Balaban J connectivity index is 1.89. The highest BCUT2D eigenvalue weighted by molar-refractivity contribution is 5.44. The number of benzene rings is 2. The minimum Gasteiger partial charge on any atom is -0.504 e. The van der Waals surface area contributed by atoms with Crippen LogP contribution < -0.4 is 9.47 Å². The van der Waals surface area contributed by atoms with Crippen LogP contribution in [0.15, 0.2) is 42.5 Å². The molecule has 0 fully saturated rings. The molecule has 1 aliphatic rings. The highest BCUT2D eigenvalue weighted by Gasteiger charge is 2.22. The molecule has 4 nitrogen and oxygen atoms in total. The molecule has 0 spiro atoms. The number of phenols is 2. The fraction of sp³-hybridized carbons (Fsp3) is 0.143. The highest BCUT2D eigenvalue weighted by Crippen LogP contribution is 2.37. The van der Waals surface area contributed by atoms with E-state index in [2.05, 4.69) is 0 Å². The summed E-state index contributed by atoms with van der Waals surface area (Å²) in [6, 6.07) is 12.1. The zero-order valence-corrected chi connectivity index (χ0v) is 9.54. The molecular weight excluding hydrogens is 232 g/mol. The predicted molar refractivity (Wildman–Crippen MR) is 65.1 cm³/mol. The number of para-hydroxylation sites is 2. The molecule has 0 aromatic heterocycles. The van der Waals surface area contributed by atoms with Crippen molar-refractivity contribution in [3.05, 3.63) is 48.0 Å². The van der Waals surface area contributed by atoms with Crippen LogP contribution in [0.5, 0.6) is 23.0 Å². The Morgan fingerprint density at radius 3 is 2.50 bits per heavy atom. The third-order valence-corrected chi connectivity index (χ3v) is 2.88. The van der Waals surface area contributed by atoms with Crippen molar-refractivity contribution in [2.45, 2.75) is 6.10 Å². The molecule has 0 radical (unpaired) electrons. The molecule has 2 aromatic carbocycles. The molecule has 0 aliphatic carbocycles. The summed E-state index contributed by atoms with van der Waals surface area (Å²) in [5, 5.41) is 18.8. The van der Waals surface area contributed by atoms with Crippen LogP contribution in [0.1, 0.15) is 11.7 Å². The van der Waals surface area contributed by atoms with E-state index < -0.39 is 0 Å². The second kappa shape index (κ2) is 4.14. The van der Waals surface area contributed by atoms with Gasteiger partial charge in [0.2, 0.25) is 0 Å². The molecule has 1 aliphatic heterocycles. The van der Waals surface area contributed by atoms with Crippen molar-refractivity contribution >= 4 is 0 Å². The lowest BCUT2D eigenvalue weighted by Crippen LogP contribution is -2.21. The van der Waals surface area contributed by atoms with Crippen LogP contribution in [0.3, 0.4) is 0 Å². The summed E-state index contributed by atoms with van der Waals surface area (Å²) < 4.78 is 11.4. The van der Waals surface area contributed by atoms with E-state index in [1.807, 2.05) is 24.3 Å². The molecule has 2 N–H and O–H groups in total. The fourth-order valence-corrected chi connectivity index (χ4v) is 1.92. The first-order valence-electron chi connectivity index (χ1n) is 5.64. The van der Waals surface area contributed by atoms with Gasteiger partial charge in [0.05, 0.1) is 0 Å². The number of hydrogen-bond donors (Lipinski definition) is 2. The number of aromatic hydroxyl groups is 2. The van der Waals surface area contributed by atoms with Crippen LogP contribution in [-0.4, -0.2) is 16.8 Å². The van der Waals surface area contributed by atoms with Gasteiger partial charge >= 0.3 is 0 Å². The minimum absolute atomic E-state index is 0.143. The Kier molecular flexibility index (Phi) is 2.48. The van der Waals surface area contributed by atoms with Gasteiger partial charge in [-0.2, -0.15) is 0 Å². The van der Waals surface area contributed by atoms with Crippen molar-refractivity contribution in [3.8, 4) is 23.0 Å². The monoisotopic (exact) mass is 244 g/mol. The van der Waals surface area contributed by atoms with Gasteiger partial charge < -0.3 is 19.7 Å². The lowest BCUT2D eigenvalue weighted by atomic mass is 10.1. The van der Waals surface area contributed by atoms with Crippen molar-refractivity contribution in [2.75, 3.05) is 6.61 Å². The molecule has 0 saturated carbocycles. The topological polar surface area (TPSA) is 58.9 Å². The molecule has 0 bridgehead atoms. The average molecular weight is 244 g/mol. The normalized spacial score (nSPS) is 17.4. The molecule has 92 valence electrons. The van der Waals surface area contributed by atoms with Crippen LogP contribution >= 0.6 is 0 Å². The van der Waals surface area contributed by atoms with Gasteiger partial charge in [-0.25, -0.2) is 0 Å². The van der Waals surface area contributed by atoms with Crippen LogP contribution in [0.2, 0.25) is 0 Å². The quantitative estimate of drug-likeness (QED) is 0.757. The standard InChI is InChI=1S/C14H12O4/c15-10-6-5-9(7-11(10)16)14-8-17-12-3-1-2-4-13(12)18-14/h1-7,14-16H,8H2/t14-/m1/s1. The SMILES string of the molecule is Oc1ccc([C@H]2COc3ccccc3O2)cc1O. The summed E-state index contributed by atoms with van der Waals surface area (Å²) in [4.78, 5) is 0. The van der Waals surface area contributed by atoms with E-state index in [9.17, 15) is 10.2 Å². The molecule has 1 atom stereocenters. The Bertz CT molecular complexity index is 580. The maximum atomic E-state index is 9.48. The van der Waals surface area contributed by atoms with E-state index in [0.29, 0.717) is 12.4 Å². The maximum absolute atomic E-state index is 9.48. The van der Waals surface area contributed by atoms with Gasteiger partial charge in [0.25, 0.3) is 0 Å². The van der Waals surface area contributed by atoms with Gasteiger partial charge in [0.1, 0.15) is 6.61 Å².